The van der Waals surface area contributed by atoms with Crippen LogP contribution in [-0.4, -0.2) is 42.9 Å². The lowest BCUT2D eigenvalue weighted by Gasteiger charge is -2.14. The molecule has 0 atom stereocenters. The molecule has 0 aliphatic carbocycles. The second-order valence-corrected chi connectivity index (χ2v) is 6.32. The summed E-state index contributed by atoms with van der Waals surface area (Å²) < 4.78 is 5.17. The van der Waals surface area contributed by atoms with E-state index in [1.54, 1.807) is 42.5 Å². The van der Waals surface area contributed by atoms with E-state index in [0.717, 1.165) is 0 Å². The first-order chi connectivity index (χ1) is 13.0. The minimum Gasteiger partial charge on any atom is -0.495 e. The van der Waals surface area contributed by atoms with Crippen molar-refractivity contribution in [3.05, 3.63) is 58.6 Å². The van der Waals surface area contributed by atoms with Crippen molar-refractivity contribution in [3.63, 3.8) is 0 Å². The van der Waals surface area contributed by atoms with Gasteiger partial charge in [-0.25, -0.2) is 4.79 Å². The molecule has 27 heavy (non-hydrogen) atoms. The predicted octanol–water partition coefficient (Wildman–Crippen LogP) is 3.16. The number of benzene rings is 2. The van der Waals surface area contributed by atoms with Gasteiger partial charge in [0, 0.05) is 18.1 Å². The minimum absolute atomic E-state index is 0.229. The van der Waals surface area contributed by atoms with E-state index in [9.17, 15) is 14.4 Å². The van der Waals surface area contributed by atoms with Gasteiger partial charge in [0.2, 0.25) is 0 Å². The van der Waals surface area contributed by atoms with Gasteiger partial charge < -0.3 is 15.4 Å². The summed E-state index contributed by atoms with van der Waals surface area (Å²) in [6, 6.07) is 11.2. The van der Waals surface area contributed by atoms with Crippen molar-refractivity contribution in [3.8, 4) is 5.75 Å². The summed E-state index contributed by atoms with van der Waals surface area (Å²) in [5, 5.41) is 5.80. The highest BCUT2D eigenvalue weighted by atomic mass is 35.5. The van der Waals surface area contributed by atoms with Gasteiger partial charge in [0.05, 0.1) is 23.9 Å². The number of imide groups is 1. The number of anilines is 1. The van der Waals surface area contributed by atoms with Crippen LogP contribution in [0.15, 0.2) is 42.5 Å². The van der Waals surface area contributed by atoms with Gasteiger partial charge in [-0.2, -0.15) is 0 Å². The van der Waals surface area contributed by atoms with Crippen LogP contribution in [0.25, 0.3) is 0 Å². The maximum Gasteiger partial charge on any atom is 0.319 e. The Morgan fingerprint density at radius 1 is 1.11 bits per heavy atom. The van der Waals surface area contributed by atoms with Crippen molar-refractivity contribution in [1.82, 2.24) is 10.2 Å². The molecule has 0 radical (unpaired) electrons. The molecular weight excluding hydrogens is 370 g/mol. The van der Waals surface area contributed by atoms with E-state index in [1.807, 2.05) is 0 Å². The Morgan fingerprint density at radius 3 is 2.41 bits per heavy atom. The molecule has 0 bridgehead atoms. The molecule has 0 aromatic heterocycles. The lowest BCUT2D eigenvalue weighted by atomic mass is 10.1. The molecule has 0 unspecified atom stereocenters. The monoisotopic (exact) mass is 387 g/mol. The summed E-state index contributed by atoms with van der Waals surface area (Å²) in [5.74, 6) is -0.118. The summed E-state index contributed by atoms with van der Waals surface area (Å²) in [7, 11) is 1.49. The van der Waals surface area contributed by atoms with Crippen molar-refractivity contribution in [2.24, 2.45) is 0 Å². The standard InChI is InChI=1S/C19H18ClN3O4/c1-27-16-8-7-12(20)11-15(16)22-19(26)21-9-4-10-23-17(24)13-5-2-3-6-14(13)18(23)25/h2-3,5-8,11H,4,9-10H2,1H3,(H2,21,22,26). The number of ether oxygens (including phenoxy) is 1. The van der Waals surface area contributed by atoms with E-state index in [0.29, 0.717) is 40.6 Å². The fourth-order valence-electron chi connectivity index (χ4n) is 2.83. The van der Waals surface area contributed by atoms with Gasteiger partial charge in [-0.05, 0) is 36.8 Å². The van der Waals surface area contributed by atoms with E-state index in [4.69, 9.17) is 16.3 Å². The Hall–Kier alpha value is -3.06. The number of nitrogens with zero attached hydrogens (tertiary/aromatic N) is 1. The van der Waals surface area contributed by atoms with Crippen molar-refractivity contribution >= 4 is 35.1 Å². The van der Waals surface area contributed by atoms with Gasteiger partial charge in [-0.3, -0.25) is 14.5 Å². The number of fused-ring (bicyclic) bond motifs is 1. The molecule has 1 aliphatic rings. The third-order valence-corrected chi connectivity index (χ3v) is 4.37. The second kappa shape index (κ2) is 8.09. The summed E-state index contributed by atoms with van der Waals surface area (Å²) in [6.45, 7) is 0.523. The fraction of sp³-hybridized carbons (Fsp3) is 0.211. The average Bonchev–Trinajstić information content (AvgIpc) is 2.90. The maximum atomic E-state index is 12.3. The van der Waals surface area contributed by atoms with Crippen LogP contribution in [0.2, 0.25) is 5.02 Å². The topological polar surface area (TPSA) is 87.7 Å². The lowest BCUT2D eigenvalue weighted by Crippen LogP contribution is -2.35. The Bertz CT molecular complexity index is 865. The van der Waals surface area contributed by atoms with Gasteiger partial charge in [0.1, 0.15) is 5.75 Å². The van der Waals surface area contributed by atoms with Crippen LogP contribution in [0.4, 0.5) is 10.5 Å². The van der Waals surface area contributed by atoms with Gasteiger partial charge in [-0.15, -0.1) is 0 Å². The summed E-state index contributed by atoms with van der Waals surface area (Å²) in [6.07, 6.45) is 0.436. The van der Waals surface area contributed by atoms with Crippen LogP contribution in [0, 0.1) is 0 Å². The first-order valence-electron chi connectivity index (χ1n) is 8.35. The molecule has 2 aromatic carbocycles. The molecular formula is C19H18ClN3O4. The molecule has 1 heterocycles. The normalized spacial score (nSPS) is 12.7. The van der Waals surface area contributed by atoms with E-state index in [2.05, 4.69) is 10.6 Å². The van der Waals surface area contributed by atoms with Crippen LogP contribution in [0.5, 0.6) is 5.75 Å². The van der Waals surface area contributed by atoms with Gasteiger partial charge in [-0.1, -0.05) is 23.7 Å². The van der Waals surface area contributed by atoms with Gasteiger partial charge in [0.15, 0.2) is 0 Å². The van der Waals surface area contributed by atoms with E-state index in [-0.39, 0.29) is 18.4 Å². The number of hydrogen-bond donors (Lipinski definition) is 2. The highest BCUT2D eigenvalue weighted by molar-refractivity contribution is 6.31. The number of carbonyl (C=O) groups excluding carboxylic acids is 3. The Labute approximate surface area is 161 Å². The molecule has 4 amide bonds. The van der Waals surface area contributed by atoms with Crippen LogP contribution in [-0.2, 0) is 0 Å². The number of hydrogen-bond acceptors (Lipinski definition) is 4. The van der Waals surface area contributed by atoms with Gasteiger partial charge >= 0.3 is 6.03 Å². The molecule has 3 rings (SSSR count). The Balaban J connectivity index is 1.48. The highest BCUT2D eigenvalue weighted by Gasteiger charge is 2.34. The Kier molecular flexibility index (Phi) is 5.61. The molecule has 2 N–H and O–H groups in total. The van der Waals surface area contributed by atoms with Crippen LogP contribution in [0.3, 0.4) is 0 Å². The SMILES string of the molecule is COc1ccc(Cl)cc1NC(=O)NCCCN1C(=O)c2ccccc2C1=O. The molecule has 140 valence electrons. The van der Waals surface area contributed by atoms with Crippen LogP contribution < -0.4 is 15.4 Å². The largest absolute Gasteiger partial charge is 0.495 e. The Morgan fingerprint density at radius 2 is 1.78 bits per heavy atom. The summed E-state index contributed by atoms with van der Waals surface area (Å²) in [4.78, 5) is 37.7. The third kappa shape index (κ3) is 4.03. The summed E-state index contributed by atoms with van der Waals surface area (Å²) >= 11 is 5.93. The van der Waals surface area contributed by atoms with E-state index in [1.165, 1.54) is 12.0 Å². The lowest BCUT2D eigenvalue weighted by molar-refractivity contribution is 0.0653. The highest BCUT2D eigenvalue weighted by Crippen LogP contribution is 2.27. The zero-order valence-corrected chi connectivity index (χ0v) is 15.4. The minimum atomic E-state index is -0.432. The maximum absolute atomic E-state index is 12.3. The van der Waals surface area contributed by atoms with Crippen molar-refractivity contribution in [2.45, 2.75) is 6.42 Å². The quantitative estimate of drug-likeness (QED) is 0.588. The number of urea groups is 1. The van der Waals surface area contributed by atoms with Crippen molar-refractivity contribution < 1.29 is 19.1 Å². The molecule has 0 fully saturated rings. The number of rotatable bonds is 6. The average molecular weight is 388 g/mol. The molecule has 0 saturated carbocycles. The molecule has 1 aliphatic heterocycles. The van der Waals surface area contributed by atoms with E-state index < -0.39 is 6.03 Å². The second-order valence-electron chi connectivity index (χ2n) is 5.89. The fourth-order valence-corrected chi connectivity index (χ4v) is 3.00. The number of halogens is 1. The smallest absolute Gasteiger partial charge is 0.319 e. The number of amides is 4. The van der Waals surface area contributed by atoms with Crippen LogP contribution in [0.1, 0.15) is 27.1 Å². The van der Waals surface area contributed by atoms with Crippen LogP contribution >= 0.6 is 11.6 Å². The predicted molar refractivity (Wildman–Crippen MR) is 101 cm³/mol. The van der Waals surface area contributed by atoms with Crippen molar-refractivity contribution in [1.29, 1.82) is 0 Å². The first kappa shape index (κ1) is 18.7. The molecule has 8 heteroatoms. The molecule has 2 aromatic rings. The zero-order valence-electron chi connectivity index (χ0n) is 14.6. The zero-order chi connectivity index (χ0) is 19.4. The van der Waals surface area contributed by atoms with Crippen molar-refractivity contribution in [2.75, 3.05) is 25.5 Å². The number of methoxy groups -OCH3 is 1. The number of carbonyl (C=O) groups is 3. The summed E-state index contributed by atoms with van der Waals surface area (Å²) in [5.41, 5.74) is 1.28. The molecule has 7 nitrogen and oxygen atoms in total. The van der Waals surface area contributed by atoms with E-state index >= 15 is 0 Å². The number of nitrogens with one attached hydrogen (secondary N) is 2. The molecule has 0 saturated heterocycles. The third-order valence-electron chi connectivity index (χ3n) is 4.13. The molecule has 0 spiro atoms. The van der Waals surface area contributed by atoms with Gasteiger partial charge in [0.25, 0.3) is 11.8 Å². The first-order valence-corrected chi connectivity index (χ1v) is 8.72.